The van der Waals surface area contributed by atoms with Crippen LogP contribution >= 0.6 is 11.3 Å². The van der Waals surface area contributed by atoms with E-state index in [-0.39, 0.29) is 11.5 Å². The van der Waals surface area contributed by atoms with Crippen LogP contribution < -0.4 is 24.9 Å². The number of aryl methyl sites for hydroxylation is 1. The highest BCUT2D eigenvalue weighted by Crippen LogP contribution is 2.32. The zero-order valence-electron chi connectivity index (χ0n) is 23.7. The Hall–Kier alpha value is -5.02. The van der Waals surface area contributed by atoms with Gasteiger partial charge in [-0.05, 0) is 68.8 Å². The first-order valence-corrected chi connectivity index (χ1v) is 14.3. The second-order valence-corrected chi connectivity index (χ2v) is 11.0. The number of fused-ring (bicyclic) bond motifs is 1. The van der Waals surface area contributed by atoms with Crippen molar-refractivity contribution in [2.45, 2.75) is 26.8 Å². The molecule has 1 amide bonds. The van der Waals surface area contributed by atoms with Gasteiger partial charge in [-0.3, -0.25) is 14.2 Å². The van der Waals surface area contributed by atoms with Crippen LogP contribution in [0.5, 0.6) is 5.75 Å². The number of nitrogens with zero attached hydrogens (tertiary/aromatic N) is 4. The van der Waals surface area contributed by atoms with E-state index in [0.29, 0.717) is 32.0 Å². The lowest BCUT2D eigenvalue weighted by Crippen LogP contribution is -2.40. The SMILES string of the molecule is COc1ccc([C@H]2C(C(=O)Nc3ccccc3)=C(C)N=c3s/c(=C/c4c(C)nn(-c5ccccc5)c4C)c(=O)n32)cc1. The summed E-state index contributed by atoms with van der Waals surface area (Å²) in [6.07, 6.45) is 1.88. The molecule has 3 aromatic carbocycles. The first-order chi connectivity index (χ1) is 20.4. The van der Waals surface area contributed by atoms with Crippen molar-refractivity contribution >= 4 is 29.0 Å². The van der Waals surface area contributed by atoms with Crippen molar-refractivity contribution in [1.29, 1.82) is 0 Å². The molecule has 0 unspecified atom stereocenters. The van der Waals surface area contributed by atoms with Crippen LogP contribution in [0.3, 0.4) is 0 Å². The Morgan fingerprint density at radius 3 is 2.29 bits per heavy atom. The summed E-state index contributed by atoms with van der Waals surface area (Å²) >= 11 is 1.31. The van der Waals surface area contributed by atoms with Crippen molar-refractivity contribution < 1.29 is 9.53 Å². The molecule has 2 aromatic heterocycles. The minimum atomic E-state index is -0.674. The number of benzene rings is 3. The third-order valence-electron chi connectivity index (χ3n) is 7.35. The van der Waals surface area contributed by atoms with E-state index in [1.165, 1.54) is 11.3 Å². The molecule has 0 spiro atoms. The molecule has 0 saturated carbocycles. The van der Waals surface area contributed by atoms with Gasteiger partial charge in [0, 0.05) is 16.9 Å². The first-order valence-electron chi connectivity index (χ1n) is 13.5. The lowest BCUT2D eigenvalue weighted by molar-refractivity contribution is -0.113. The summed E-state index contributed by atoms with van der Waals surface area (Å²) in [5, 5.41) is 7.72. The van der Waals surface area contributed by atoms with Crippen molar-refractivity contribution in [2.24, 2.45) is 4.99 Å². The van der Waals surface area contributed by atoms with Gasteiger partial charge in [0.25, 0.3) is 11.5 Å². The summed E-state index contributed by atoms with van der Waals surface area (Å²) in [7, 11) is 1.60. The third-order valence-corrected chi connectivity index (χ3v) is 8.34. The quantitative estimate of drug-likeness (QED) is 0.318. The van der Waals surface area contributed by atoms with E-state index >= 15 is 0 Å². The summed E-state index contributed by atoms with van der Waals surface area (Å²) in [4.78, 5) is 33.2. The Kier molecular flexibility index (Phi) is 7.18. The Bertz CT molecular complexity index is 2000. The highest BCUT2D eigenvalue weighted by atomic mass is 32.1. The van der Waals surface area contributed by atoms with Crippen LogP contribution in [0.2, 0.25) is 0 Å². The van der Waals surface area contributed by atoms with Gasteiger partial charge in [0.2, 0.25) is 0 Å². The molecule has 0 radical (unpaired) electrons. The summed E-state index contributed by atoms with van der Waals surface area (Å²) in [5.41, 5.74) is 5.75. The van der Waals surface area contributed by atoms with E-state index in [9.17, 15) is 9.59 Å². The molecule has 1 N–H and O–H groups in total. The number of carbonyl (C=O) groups excluding carboxylic acids is 1. The maximum Gasteiger partial charge on any atom is 0.271 e. The van der Waals surface area contributed by atoms with E-state index in [1.54, 1.807) is 11.7 Å². The summed E-state index contributed by atoms with van der Waals surface area (Å²) < 4.78 is 9.38. The molecule has 5 aromatic rings. The Morgan fingerprint density at radius 2 is 1.62 bits per heavy atom. The van der Waals surface area contributed by atoms with Crippen molar-refractivity contribution in [3.8, 4) is 11.4 Å². The Balaban J connectivity index is 1.50. The zero-order valence-corrected chi connectivity index (χ0v) is 24.5. The predicted molar refractivity (Wildman–Crippen MR) is 165 cm³/mol. The molecule has 6 rings (SSSR count). The van der Waals surface area contributed by atoms with E-state index in [0.717, 1.165) is 28.2 Å². The molecule has 1 aliphatic heterocycles. The third kappa shape index (κ3) is 4.88. The fraction of sp³-hybridized carbons (Fsp3) is 0.152. The number of hydrogen-bond donors (Lipinski definition) is 1. The molecule has 0 fully saturated rings. The molecule has 0 saturated heterocycles. The molecule has 0 aliphatic carbocycles. The summed E-state index contributed by atoms with van der Waals surface area (Å²) in [6.45, 7) is 5.74. The Labute approximate surface area is 246 Å². The number of thiazole rings is 1. The van der Waals surface area contributed by atoms with E-state index in [4.69, 9.17) is 14.8 Å². The minimum Gasteiger partial charge on any atom is -0.497 e. The van der Waals surface area contributed by atoms with Gasteiger partial charge >= 0.3 is 0 Å². The van der Waals surface area contributed by atoms with Crippen LogP contribution in [0.1, 0.15) is 35.5 Å². The molecule has 42 heavy (non-hydrogen) atoms. The lowest BCUT2D eigenvalue weighted by Gasteiger charge is -2.25. The summed E-state index contributed by atoms with van der Waals surface area (Å²) in [6, 6.07) is 25.9. The number of allylic oxidation sites excluding steroid dienone is 1. The van der Waals surface area contributed by atoms with Gasteiger partial charge in [0.05, 0.1) is 40.3 Å². The molecule has 1 aliphatic rings. The van der Waals surface area contributed by atoms with Crippen molar-refractivity contribution in [3.05, 3.63) is 138 Å². The fourth-order valence-electron chi connectivity index (χ4n) is 5.25. The summed E-state index contributed by atoms with van der Waals surface area (Å²) in [5.74, 6) is 0.372. The predicted octanol–water partition coefficient (Wildman–Crippen LogP) is 4.69. The van der Waals surface area contributed by atoms with Gasteiger partial charge in [-0.25, -0.2) is 9.67 Å². The van der Waals surface area contributed by atoms with Crippen LogP contribution in [0.15, 0.2) is 106 Å². The van der Waals surface area contributed by atoms with Gasteiger partial charge < -0.3 is 10.1 Å². The van der Waals surface area contributed by atoms with Crippen LogP contribution in [-0.4, -0.2) is 27.4 Å². The number of amides is 1. The monoisotopic (exact) mass is 575 g/mol. The maximum atomic E-state index is 14.1. The van der Waals surface area contributed by atoms with Gasteiger partial charge in [-0.1, -0.05) is 59.9 Å². The molecule has 0 bridgehead atoms. The standard InChI is InChI=1S/C33H29N5O3S/c1-20-27(22(3)38(36-20)25-13-9-6-10-14-25)19-28-32(40)37-30(23-15-17-26(41-4)18-16-23)29(21(2)34-33(37)42-28)31(39)35-24-11-7-5-8-12-24/h5-19,30H,1-4H3,(H,35,39)/b28-19+/t30-/m0/s1. The second kappa shape index (κ2) is 11.1. The minimum absolute atomic E-state index is 0.219. The van der Waals surface area contributed by atoms with E-state index < -0.39 is 6.04 Å². The molecule has 1 atom stereocenters. The molecular formula is C33H29N5O3S. The first kappa shape index (κ1) is 27.2. The molecule has 3 heterocycles. The number of methoxy groups -OCH3 is 1. The average molecular weight is 576 g/mol. The number of para-hydroxylation sites is 2. The van der Waals surface area contributed by atoms with Crippen molar-refractivity contribution in [3.63, 3.8) is 0 Å². The Morgan fingerprint density at radius 1 is 0.952 bits per heavy atom. The topological polar surface area (TPSA) is 90.5 Å². The fourth-order valence-corrected chi connectivity index (χ4v) is 6.28. The zero-order chi connectivity index (χ0) is 29.4. The second-order valence-electron chi connectivity index (χ2n) is 10.0. The number of ether oxygens (including phenoxy) is 1. The van der Waals surface area contributed by atoms with E-state index in [2.05, 4.69) is 5.32 Å². The molecule has 210 valence electrons. The van der Waals surface area contributed by atoms with Crippen molar-refractivity contribution in [2.75, 3.05) is 12.4 Å². The average Bonchev–Trinajstić information content (AvgIpc) is 3.47. The number of anilines is 1. The molecule has 9 heteroatoms. The van der Waals surface area contributed by atoms with Crippen LogP contribution in [0, 0.1) is 13.8 Å². The highest BCUT2D eigenvalue weighted by Gasteiger charge is 2.32. The van der Waals surface area contributed by atoms with Crippen molar-refractivity contribution in [1.82, 2.24) is 14.3 Å². The number of rotatable bonds is 6. The van der Waals surface area contributed by atoms with Gasteiger partial charge in [0.1, 0.15) is 5.75 Å². The largest absolute Gasteiger partial charge is 0.497 e. The highest BCUT2D eigenvalue weighted by molar-refractivity contribution is 7.07. The smallest absolute Gasteiger partial charge is 0.271 e. The lowest BCUT2D eigenvalue weighted by atomic mass is 9.95. The number of aromatic nitrogens is 3. The normalized spacial score (nSPS) is 14.9. The number of nitrogens with one attached hydrogen (secondary N) is 1. The number of carbonyl (C=O) groups is 1. The molecular weight excluding hydrogens is 546 g/mol. The van der Waals surface area contributed by atoms with Gasteiger partial charge in [-0.15, -0.1) is 0 Å². The maximum absolute atomic E-state index is 14.1. The van der Waals surface area contributed by atoms with E-state index in [1.807, 2.05) is 116 Å². The van der Waals surface area contributed by atoms with Crippen LogP contribution in [-0.2, 0) is 4.79 Å². The van der Waals surface area contributed by atoms with Crippen LogP contribution in [0.25, 0.3) is 11.8 Å². The number of hydrogen-bond acceptors (Lipinski definition) is 6. The van der Waals surface area contributed by atoms with Gasteiger partial charge in [0.15, 0.2) is 4.80 Å². The van der Waals surface area contributed by atoms with Gasteiger partial charge in [-0.2, -0.15) is 5.10 Å². The van der Waals surface area contributed by atoms with Crippen LogP contribution in [0.4, 0.5) is 5.69 Å². The molecule has 8 nitrogen and oxygen atoms in total.